The Kier molecular flexibility index (Phi) is 9.50. The van der Waals surface area contributed by atoms with E-state index >= 15 is 0 Å². The fourth-order valence-electron chi connectivity index (χ4n) is 3.51. The van der Waals surface area contributed by atoms with Gasteiger partial charge in [0.15, 0.2) is 5.96 Å². The Bertz CT molecular complexity index is 512. The minimum absolute atomic E-state index is 0.0453. The SMILES string of the molecule is CCCN1CCC(CNC(=NCC(CO)c2ccccc2)NCC)CC1. The predicted molar refractivity (Wildman–Crippen MR) is 110 cm³/mol. The first-order valence-corrected chi connectivity index (χ1v) is 10.2. The molecule has 1 saturated heterocycles. The largest absolute Gasteiger partial charge is 0.396 e. The molecule has 1 aliphatic rings. The Morgan fingerprint density at radius 2 is 1.92 bits per heavy atom. The molecule has 1 heterocycles. The Morgan fingerprint density at radius 3 is 2.54 bits per heavy atom. The van der Waals surface area contributed by atoms with Crippen LogP contribution < -0.4 is 10.6 Å². The molecule has 0 aliphatic carbocycles. The first kappa shape index (κ1) is 20.7. The predicted octanol–water partition coefficient (Wildman–Crippen LogP) is 2.44. The number of aliphatic hydroxyl groups is 1. The molecule has 0 radical (unpaired) electrons. The molecule has 1 atom stereocenters. The van der Waals surface area contributed by atoms with E-state index in [0.717, 1.165) is 30.5 Å². The molecule has 1 aromatic rings. The maximum atomic E-state index is 9.71. The third-order valence-electron chi connectivity index (χ3n) is 5.11. The Balaban J connectivity index is 1.82. The summed E-state index contributed by atoms with van der Waals surface area (Å²) in [5.74, 6) is 1.62. The Morgan fingerprint density at radius 1 is 1.19 bits per heavy atom. The molecule has 1 unspecified atom stereocenters. The summed E-state index contributed by atoms with van der Waals surface area (Å²) in [6.45, 7) is 10.5. The molecule has 2 rings (SSSR count). The summed E-state index contributed by atoms with van der Waals surface area (Å²) in [5, 5.41) is 16.5. The van der Waals surface area contributed by atoms with Crippen LogP contribution in [0, 0.1) is 5.92 Å². The molecule has 0 spiro atoms. The van der Waals surface area contributed by atoms with Crippen molar-refractivity contribution in [1.82, 2.24) is 15.5 Å². The lowest BCUT2D eigenvalue weighted by atomic mass is 9.97. The van der Waals surface area contributed by atoms with Crippen molar-refractivity contribution in [2.75, 3.05) is 45.9 Å². The second-order valence-corrected chi connectivity index (χ2v) is 7.18. The summed E-state index contributed by atoms with van der Waals surface area (Å²) in [4.78, 5) is 7.28. The molecule has 0 saturated carbocycles. The third-order valence-corrected chi connectivity index (χ3v) is 5.11. The van der Waals surface area contributed by atoms with Crippen LogP contribution in [-0.4, -0.2) is 61.8 Å². The first-order chi connectivity index (χ1) is 12.8. The molecule has 5 heteroatoms. The smallest absolute Gasteiger partial charge is 0.191 e. The molecule has 0 amide bonds. The quantitative estimate of drug-likeness (QED) is 0.468. The van der Waals surface area contributed by atoms with Crippen LogP contribution in [0.3, 0.4) is 0 Å². The number of aliphatic imine (C=N–C) groups is 1. The van der Waals surface area contributed by atoms with Crippen molar-refractivity contribution in [3.8, 4) is 0 Å². The number of nitrogens with zero attached hydrogens (tertiary/aromatic N) is 2. The zero-order valence-corrected chi connectivity index (χ0v) is 16.5. The number of hydrogen-bond acceptors (Lipinski definition) is 3. The van der Waals surface area contributed by atoms with Gasteiger partial charge in [-0.15, -0.1) is 0 Å². The van der Waals surface area contributed by atoms with Crippen molar-refractivity contribution in [1.29, 1.82) is 0 Å². The third kappa shape index (κ3) is 6.96. The van der Waals surface area contributed by atoms with Crippen molar-refractivity contribution in [3.05, 3.63) is 35.9 Å². The number of benzene rings is 1. The Labute approximate surface area is 158 Å². The van der Waals surface area contributed by atoms with Crippen LogP contribution in [-0.2, 0) is 0 Å². The van der Waals surface area contributed by atoms with Gasteiger partial charge < -0.3 is 20.6 Å². The highest BCUT2D eigenvalue weighted by atomic mass is 16.3. The van der Waals surface area contributed by atoms with Crippen LogP contribution in [0.2, 0.25) is 0 Å². The van der Waals surface area contributed by atoms with Crippen molar-refractivity contribution >= 4 is 5.96 Å². The van der Waals surface area contributed by atoms with E-state index < -0.39 is 0 Å². The lowest BCUT2D eigenvalue weighted by Gasteiger charge is -2.32. The van der Waals surface area contributed by atoms with E-state index in [1.807, 2.05) is 18.2 Å². The number of rotatable bonds is 9. The summed E-state index contributed by atoms with van der Waals surface area (Å²) in [6, 6.07) is 10.1. The number of guanidine groups is 1. The fourth-order valence-corrected chi connectivity index (χ4v) is 3.51. The summed E-state index contributed by atoms with van der Waals surface area (Å²) in [6.07, 6.45) is 3.76. The number of aliphatic hydroxyl groups excluding tert-OH is 1. The highest BCUT2D eigenvalue weighted by Crippen LogP contribution is 2.17. The van der Waals surface area contributed by atoms with E-state index in [2.05, 4.69) is 41.5 Å². The van der Waals surface area contributed by atoms with Gasteiger partial charge in [-0.05, 0) is 57.3 Å². The molecule has 26 heavy (non-hydrogen) atoms. The van der Waals surface area contributed by atoms with Gasteiger partial charge in [-0.25, -0.2) is 0 Å². The zero-order valence-electron chi connectivity index (χ0n) is 16.5. The fraction of sp³-hybridized carbons (Fsp3) is 0.667. The van der Waals surface area contributed by atoms with Gasteiger partial charge >= 0.3 is 0 Å². The van der Waals surface area contributed by atoms with E-state index in [0.29, 0.717) is 6.54 Å². The molecule has 1 fully saturated rings. The first-order valence-electron chi connectivity index (χ1n) is 10.2. The van der Waals surface area contributed by atoms with Crippen LogP contribution in [0.15, 0.2) is 35.3 Å². The molecule has 146 valence electrons. The summed E-state index contributed by atoms with van der Waals surface area (Å²) >= 11 is 0. The molecular formula is C21H36N4O. The zero-order chi connectivity index (χ0) is 18.6. The average molecular weight is 361 g/mol. The van der Waals surface area contributed by atoms with Crippen molar-refractivity contribution in [2.24, 2.45) is 10.9 Å². The van der Waals surface area contributed by atoms with Gasteiger partial charge in [0.25, 0.3) is 0 Å². The van der Waals surface area contributed by atoms with Gasteiger partial charge in [0.1, 0.15) is 0 Å². The maximum absolute atomic E-state index is 9.71. The molecule has 3 N–H and O–H groups in total. The molecule has 1 aromatic carbocycles. The number of likely N-dealkylation sites (tertiary alicyclic amines) is 1. The molecule has 0 bridgehead atoms. The highest BCUT2D eigenvalue weighted by molar-refractivity contribution is 5.79. The topological polar surface area (TPSA) is 59.9 Å². The average Bonchev–Trinajstić information content (AvgIpc) is 2.68. The van der Waals surface area contributed by atoms with Crippen molar-refractivity contribution in [3.63, 3.8) is 0 Å². The second kappa shape index (κ2) is 11.9. The van der Waals surface area contributed by atoms with E-state index in [1.165, 1.54) is 38.9 Å². The van der Waals surface area contributed by atoms with E-state index in [4.69, 9.17) is 4.99 Å². The minimum atomic E-state index is 0.0453. The molecule has 0 aromatic heterocycles. The maximum Gasteiger partial charge on any atom is 0.191 e. The lowest BCUT2D eigenvalue weighted by molar-refractivity contribution is 0.185. The van der Waals surface area contributed by atoms with Crippen molar-refractivity contribution in [2.45, 2.75) is 39.0 Å². The van der Waals surface area contributed by atoms with E-state index in [1.54, 1.807) is 0 Å². The standard InChI is InChI=1S/C21H36N4O/c1-3-12-25-13-10-18(11-14-25)15-23-21(22-4-2)24-16-20(17-26)19-8-6-5-7-9-19/h5-9,18,20,26H,3-4,10-17H2,1-2H3,(H2,22,23,24). The number of hydrogen-bond donors (Lipinski definition) is 3. The van der Waals surface area contributed by atoms with Gasteiger partial charge in [-0.1, -0.05) is 37.3 Å². The normalized spacial score (nSPS) is 17.9. The van der Waals surface area contributed by atoms with E-state index in [9.17, 15) is 5.11 Å². The van der Waals surface area contributed by atoms with Gasteiger partial charge in [0.05, 0.1) is 13.2 Å². The van der Waals surface area contributed by atoms with Crippen LogP contribution in [0.4, 0.5) is 0 Å². The van der Waals surface area contributed by atoms with E-state index in [-0.39, 0.29) is 12.5 Å². The van der Waals surface area contributed by atoms with Gasteiger partial charge in [0.2, 0.25) is 0 Å². The summed E-state index contributed by atoms with van der Waals surface area (Å²) in [7, 11) is 0. The molecule has 5 nitrogen and oxygen atoms in total. The van der Waals surface area contributed by atoms with Crippen molar-refractivity contribution < 1.29 is 5.11 Å². The van der Waals surface area contributed by atoms with Gasteiger partial charge in [-0.3, -0.25) is 4.99 Å². The Hall–Kier alpha value is -1.59. The van der Waals surface area contributed by atoms with Gasteiger partial charge in [0, 0.05) is 19.0 Å². The monoisotopic (exact) mass is 360 g/mol. The minimum Gasteiger partial charge on any atom is -0.396 e. The van der Waals surface area contributed by atoms with Gasteiger partial charge in [-0.2, -0.15) is 0 Å². The summed E-state index contributed by atoms with van der Waals surface area (Å²) < 4.78 is 0. The number of nitrogens with one attached hydrogen (secondary N) is 2. The number of piperidine rings is 1. The highest BCUT2D eigenvalue weighted by Gasteiger charge is 2.18. The lowest BCUT2D eigenvalue weighted by Crippen LogP contribution is -2.43. The van der Waals surface area contributed by atoms with Crippen LogP contribution in [0.1, 0.15) is 44.6 Å². The van der Waals surface area contributed by atoms with Crippen LogP contribution in [0.25, 0.3) is 0 Å². The molecular weight excluding hydrogens is 324 g/mol. The van der Waals surface area contributed by atoms with Crippen LogP contribution >= 0.6 is 0 Å². The second-order valence-electron chi connectivity index (χ2n) is 7.18. The van der Waals surface area contributed by atoms with Crippen LogP contribution in [0.5, 0.6) is 0 Å². The summed E-state index contributed by atoms with van der Waals surface area (Å²) in [5.41, 5.74) is 1.14. The molecule has 1 aliphatic heterocycles.